The number of nitrogens with one attached hydrogen (secondary N) is 1. The Kier molecular flexibility index (Phi) is 5.77. The van der Waals surface area contributed by atoms with Crippen molar-refractivity contribution in [2.75, 3.05) is 5.32 Å². The number of benzene rings is 7. The standard InChI is InChI=1S/C43H30BN3O/c1-25-16-18-30(19-17-25)45-35-15-9-8-14-31(35)32-20-26(2)40-33-21-28-12-6-7-13-29(28)22-37(33)47-38-24-36-39(23-34(38)44-41(32)42(40)47)48-43(46-36)27-10-4-3-5-11-27/h3-24,44-45H,1-2H3. The molecule has 1 aliphatic rings. The highest BCUT2D eigenvalue weighted by atomic mass is 16.3. The highest BCUT2D eigenvalue weighted by Crippen LogP contribution is 2.41. The molecule has 0 unspecified atom stereocenters. The molecular weight excluding hydrogens is 585 g/mol. The summed E-state index contributed by atoms with van der Waals surface area (Å²) < 4.78 is 8.90. The van der Waals surface area contributed by atoms with Gasteiger partial charge in [-0.3, -0.25) is 0 Å². The molecule has 1 N–H and O–H groups in total. The molecule has 1 aliphatic heterocycles. The van der Waals surface area contributed by atoms with Gasteiger partial charge in [-0.15, -0.1) is 0 Å². The van der Waals surface area contributed by atoms with Gasteiger partial charge in [-0.2, -0.15) is 0 Å². The van der Waals surface area contributed by atoms with Gasteiger partial charge < -0.3 is 14.3 Å². The summed E-state index contributed by atoms with van der Waals surface area (Å²) in [5, 5.41) is 8.80. The first-order valence-electron chi connectivity index (χ1n) is 16.5. The second-order valence-electron chi connectivity index (χ2n) is 13.0. The van der Waals surface area contributed by atoms with Crippen LogP contribution in [0.1, 0.15) is 11.1 Å². The van der Waals surface area contributed by atoms with E-state index in [0.29, 0.717) is 5.89 Å². The van der Waals surface area contributed by atoms with E-state index in [2.05, 4.69) is 127 Å². The molecule has 5 heteroatoms. The van der Waals surface area contributed by atoms with E-state index in [-0.39, 0.29) is 0 Å². The maximum atomic E-state index is 6.41. The van der Waals surface area contributed by atoms with Crippen LogP contribution in [0, 0.1) is 13.8 Å². The summed E-state index contributed by atoms with van der Waals surface area (Å²) in [7, 11) is 0.785. The van der Waals surface area contributed by atoms with Crippen molar-refractivity contribution in [2.45, 2.75) is 13.8 Å². The third-order valence-corrected chi connectivity index (χ3v) is 9.97. The molecule has 0 aliphatic carbocycles. The Hall–Kier alpha value is -6.07. The van der Waals surface area contributed by atoms with Crippen LogP contribution in [0.2, 0.25) is 0 Å². The maximum absolute atomic E-state index is 6.41. The molecule has 0 saturated carbocycles. The van der Waals surface area contributed by atoms with Crippen LogP contribution in [-0.2, 0) is 0 Å². The van der Waals surface area contributed by atoms with Gasteiger partial charge in [-0.1, -0.05) is 89.9 Å². The van der Waals surface area contributed by atoms with Gasteiger partial charge in [-0.05, 0) is 95.8 Å². The number of anilines is 2. The molecule has 0 bridgehead atoms. The third-order valence-electron chi connectivity index (χ3n) is 9.97. The molecule has 0 atom stereocenters. The average molecular weight is 616 g/mol. The van der Waals surface area contributed by atoms with Gasteiger partial charge in [0.1, 0.15) is 5.52 Å². The lowest BCUT2D eigenvalue weighted by atomic mass is 9.58. The minimum Gasteiger partial charge on any atom is -0.436 e. The molecule has 0 spiro atoms. The molecule has 0 fully saturated rings. The van der Waals surface area contributed by atoms with Crippen LogP contribution in [-0.4, -0.2) is 16.8 Å². The van der Waals surface area contributed by atoms with Crippen molar-refractivity contribution >= 4 is 73.3 Å². The summed E-state index contributed by atoms with van der Waals surface area (Å²) in [4.78, 5) is 4.98. The van der Waals surface area contributed by atoms with Crippen LogP contribution in [0.4, 0.5) is 11.4 Å². The Balaban J connectivity index is 1.26. The van der Waals surface area contributed by atoms with Gasteiger partial charge in [0, 0.05) is 44.5 Å². The van der Waals surface area contributed by atoms with Gasteiger partial charge in [0.15, 0.2) is 12.9 Å². The molecule has 4 nitrogen and oxygen atoms in total. The first kappa shape index (κ1) is 27.1. The monoisotopic (exact) mass is 615 g/mol. The lowest BCUT2D eigenvalue weighted by Gasteiger charge is -2.24. The minimum absolute atomic E-state index is 0.645. The molecule has 10 rings (SSSR count). The van der Waals surface area contributed by atoms with Gasteiger partial charge in [0.2, 0.25) is 5.89 Å². The molecule has 48 heavy (non-hydrogen) atoms. The summed E-state index contributed by atoms with van der Waals surface area (Å²) in [5.74, 6) is 0.645. The van der Waals surface area contributed by atoms with E-state index in [1.54, 1.807) is 0 Å². The normalized spacial score (nSPS) is 12.1. The first-order valence-corrected chi connectivity index (χ1v) is 16.5. The Morgan fingerprint density at radius 2 is 1.46 bits per heavy atom. The number of oxazole rings is 1. The second kappa shape index (κ2) is 10.2. The topological polar surface area (TPSA) is 43.0 Å². The van der Waals surface area contributed by atoms with E-state index in [1.165, 1.54) is 71.4 Å². The van der Waals surface area contributed by atoms with Crippen molar-refractivity contribution in [1.82, 2.24) is 9.55 Å². The fourth-order valence-corrected chi connectivity index (χ4v) is 7.70. The lowest BCUT2D eigenvalue weighted by molar-refractivity contribution is 0.620. The van der Waals surface area contributed by atoms with Crippen LogP contribution in [0.15, 0.2) is 138 Å². The SMILES string of the molecule is Cc1ccc(Nc2ccccc2-c2cc(C)c3c4cc5ccccc5cc4n4c3c2Bc2cc3oc(-c5ccccc5)nc3cc2-4)cc1. The van der Waals surface area contributed by atoms with Gasteiger partial charge in [-0.25, -0.2) is 4.98 Å². The molecule has 226 valence electrons. The van der Waals surface area contributed by atoms with Crippen molar-refractivity contribution in [3.63, 3.8) is 0 Å². The first-order chi connectivity index (χ1) is 23.6. The molecule has 0 saturated heterocycles. The molecule has 2 aromatic heterocycles. The Morgan fingerprint density at radius 3 is 2.29 bits per heavy atom. The number of nitrogens with zero attached hydrogens (tertiary/aromatic N) is 2. The van der Waals surface area contributed by atoms with Crippen molar-refractivity contribution < 1.29 is 4.42 Å². The number of fused-ring (bicyclic) bond motifs is 7. The predicted octanol–water partition coefficient (Wildman–Crippen LogP) is 9.47. The van der Waals surface area contributed by atoms with Crippen molar-refractivity contribution in [1.29, 1.82) is 0 Å². The van der Waals surface area contributed by atoms with Crippen molar-refractivity contribution in [3.05, 3.63) is 145 Å². The van der Waals surface area contributed by atoms with E-state index >= 15 is 0 Å². The van der Waals surface area contributed by atoms with Gasteiger partial charge in [0.25, 0.3) is 0 Å². The number of hydrogen-bond donors (Lipinski definition) is 1. The van der Waals surface area contributed by atoms with E-state index in [4.69, 9.17) is 9.40 Å². The van der Waals surface area contributed by atoms with Gasteiger partial charge >= 0.3 is 0 Å². The Bertz CT molecular complexity index is 2740. The van der Waals surface area contributed by atoms with Crippen LogP contribution >= 0.6 is 0 Å². The summed E-state index contributed by atoms with van der Waals surface area (Å²) >= 11 is 0. The summed E-state index contributed by atoms with van der Waals surface area (Å²) in [5.41, 5.74) is 16.0. The number of rotatable bonds is 4. The second-order valence-corrected chi connectivity index (χ2v) is 13.0. The summed E-state index contributed by atoms with van der Waals surface area (Å²) in [6.07, 6.45) is 0. The average Bonchev–Trinajstić information content (AvgIpc) is 3.69. The summed E-state index contributed by atoms with van der Waals surface area (Å²) in [6.45, 7) is 4.38. The van der Waals surface area contributed by atoms with Gasteiger partial charge in [0.05, 0.1) is 5.52 Å². The molecular formula is C43H30BN3O. The van der Waals surface area contributed by atoms with E-state index in [0.717, 1.165) is 35.3 Å². The highest BCUT2D eigenvalue weighted by Gasteiger charge is 2.29. The number of aromatic nitrogens is 2. The van der Waals surface area contributed by atoms with E-state index < -0.39 is 0 Å². The lowest BCUT2D eigenvalue weighted by Crippen LogP contribution is -2.37. The number of hydrogen-bond acceptors (Lipinski definition) is 3. The number of aryl methyl sites for hydroxylation is 2. The Labute approximate surface area is 278 Å². The minimum atomic E-state index is 0.645. The fraction of sp³-hybridized carbons (Fsp3) is 0.0465. The van der Waals surface area contributed by atoms with E-state index in [1.807, 2.05) is 30.3 Å². The highest BCUT2D eigenvalue weighted by molar-refractivity contribution is 6.73. The zero-order valence-corrected chi connectivity index (χ0v) is 26.7. The summed E-state index contributed by atoms with van der Waals surface area (Å²) in [6, 6.07) is 47.7. The zero-order chi connectivity index (χ0) is 31.9. The quantitative estimate of drug-likeness (QED) is 0.201. The van der Waals surface area contributed by atoms with Crippen LogP contribution in [0.5, 0.6) is 0 Å². The molecule has 9 aromatic rings. The third kappa shape index (κ3) is 4.07. The molecule has 0 amide bonds. The smallest absolute Gasteiger partial charge is 0.227 e. The van der Waals surface area contributed by atoms with Crippen LogP contribution in [0.3, 0.4) is 0 Å². The zero-order valence-electron chi connectivity index (χ0n) is 26.7. The van der Waals surface area contributed by atoms with Crippen molar-refractivity contribution in [3.8, 4) is 28.3 Å². The van der Waals surface area contributed by atoms with E-state index in [9.17, 15) is 0 Å². The largest absolute Gasteiger partial charge is 0.436 e. The Morgan fingerprint density at radius 1 is 0.708 bits per heavy atom. The molecule has 0 radical (unpaired) electrons. The maximum Gasteiger partial charge on any atom is 0.227 e. The molecule has 3 heterocycles. The predicted molar refractivity (Wildman–Crippen MR) is 202 cm³/mol. The van der Waals surface area contributed by atoms with Crippen LogP contribution in [0.25, 0.3) is 71.9 Å². The van der Waals surface area contributed by atoms with Crippen molar-refractivity contribution in [2.24, 2.45) is 0 Å². The van der Waals surface area contributed by atoms with Crippen LogP contribution < -0.4 is 16.2 Å². The molecule has 7 aromatic carbocycles. The number of para-hydroxylation sites is 1. The fourth-order valence-electron chi connectivity index (χ4n) is 7.70.